The molecular formula is C17H28N2O. The third kappa shape index (κ3) is 4.22. The molecule has 1 aromatic carbocycles. The van der Waals surface area contributed by atoms with Crippen molar-refractivity contribution in [2.45, 2.75) is 39.2 Å². The molecule has 0 saturated carbocycles. The third-order valence-corrected chi connectivity index (χ3v) is 4.14. The Bertz CT molecular complexity index is 390. The minimum atomic E-state index is 0.103. The van der Waals surface area contributed by atoms with E-state index in [0.29, 0.717) is 6.61 Å². The van der Waals surface area contributed by atoms with Crippen LogP contribution in [0.3, 0.4) is 0 Å². The Kier molecular flexibility index (Phi) is 5.86. The zero-order chi connectivity index (χ0) is 14.4. The van der Waals surface area contributed by atoms with E-state index >= 15 is 0 Å². The van der Waals surface area contributed by atoms with E-state index in [1.165, 1.54) is 37.9 Å². The average Bonchev–Trinajstić information content (AvgIpc) is 2.88. The van der Waals surface area contributed by atoms with Crippen LogP contribution in [0.4, 0.5) is 0 Å². The molecule has 1 fully saturated rings. The summed E-state index contributed by atoms with van der Waals surface area (Å²) in [5.41, 5.74) is 7.54. The summed E-state index contributed by atoms with van der Waals surface area (Å²) in [6, 6.07) is 8.32. The van der Waals surface area contributed by atoms with Crippen molar-refractivity contribution >= 4 is 0 Å². The molecule has 3 heteroatoms. The highest BCUT2D eigenvalue weighted by atomic mass is 16.5. The molecule has 2 unspecified atom stereocenters. The van der Waals surface area contributed by atoms with Gasteiger partial charge in [-0.3, -0.25) is 0 Å². The summed E-state index contributed by atoms with van der Waals surface area (Å²) in [7, 11) is 0. The summed E-state index contributed by atoms with van der Waals surface area (Å²) in [5, 5.41) is 0. The predicted molar refractivity (Wildman–Crippen MR) is 84.0 cm³/mol. The Labute approximate surface area is 123 Å². The van der Waals surface area contributed by atoms with Crippen LogP contribution in [0.5, 0.6) is 5.75 Å². The molecule has 1 aromatic rings. The summed E-state index contributed by atoms with van der Waals surface area (Å²) >= 11 is 0. The van der Waals surface area contributed by atoms with Crippen LogP contribution in [0.2, 0.25) is 0 Å². The molecule has 3 nitrogen and oxygen atoms in total. The standard InChI is InChI=1S/C17H28N2O/c1-3-5-14-10-11-19(12-14)13-17(18)15-6-8-16(9-7-15)20-4-2/h6-9,14,17H,3-5,10-13,18H2,1-2H3. The number of benzene rings is 1. The van der Waals surface area contributed by atoms with E-state index in [-0.39, 0.29) is 6.04 Å². The first-order valence-corrected chi connectivity index (χ1v) is 7.93. The Morgan fingerprint density at radius 2 is 2.05 bits per heavy atom. The normalized spacial score (nSPS) is 21.1. The van der Waals surface area contributed by atoms with Crippen molar-refractivity contribution in [2.24, 2.45) is 11.7 Å². The molecule has 1 saturated heterocycles. The van der Waals surface area contributed by atoms with E-state index in [1.54, 1.807) is 0 Å². The lowest BCUT2D eigenvalue weighted by atomic mass is 10.0. The summed E-state index contributed by atoms with van der Waals surface area (Å²) in [6.45, 7) is 8.37. The first-order chi connectivity index (χ1) is 9.72. The second-order valence-corrected chi connectivity index (χ2v) is 5.81. The van der Waals surface area contributed by atoms with Crippen molar-refractivity contribution < 1.29 is 4.74 Å². The third-order valence-electron chi connectivity index (χ3n) is 4.14. The van der Waals surface area contributed by atoms with Crippen LogP contribution < -0.4 is 10.5 Å². The number of nitrogens with two attached hydrogens (primary N) is 1. The topological polar surface area (TPSA) is 38.5 Å². The number of hydrogen-bond donors (Lipinski definition) is 1. The first-order valence-electron chi connectivity index (χ1n) is 7.93. The fraction of sp³-hybridized carbons (Fsp3) is 0.647. The van der Waals surface area contributed by atoms with E-state index in [0.717, 1.165) is 18.2 Å². The molecule has 2 rings (SSSR count). The minimum Gasteiger partial charge on any atom is -0.494 e. The molecule has 1 aliphatic rings. The molecule has 0 aliphatic carbocycles. The van der Waals surface area contributed by atoms with Crippen molar-refractivity contribution in [1.29, 1.82) is 0 Å². The molecule has 2 N–H and O–H groups in total. The molecule has 0 aromatic heterocycles. The number of likely N-dealkylation sites (tertiary alicyclic amines) is 1. The van der Waals surface area contributed by atoms with E-state index < -0.39 is 0 Å². The fourth-order valence-electron chi connectivity index (χ4n) is 3.08. The van der Waals surface area contributed by atoms with Crippen LogP contribution in [0.15, 0.2) is 24.3 Å². The highest BCUT2D eigenvalue weighted by molar-refractivity contribution is 5.29. The smallest absolute Gasteiger partial charge is 0.119 e. The van der Waals surface area contributed by atoms with E-state index in [4.69, 9.17) is 10.5 Å². The second-order valence-electron chi connectivity index (χ2n) is 5.81. The van der Waals surface area contributed by atoms with Crippen molar-refractivity contribution in [3.63, 3.8) is 0 Å². The maximum atomic E-state index is 6.34. The highest BCUT2D eigenvalue weighted by Gasteiger charge is 2.23. The van der Waals surface area contributed by atoms with Gasteiger partial charge in [0, 0.05) is 19.1 Å². The van der Waals surface area contributed by atoms with E-state index in [1.807, 2.05) is 19.1 Å². The van der Waals surface area contributed by atoms with Crippen LogP contribution in [-0.4, -0.2) is 31.1 Å². The van der Waals surface area contributed by atoms with Crippen molar-refractivity contribution in [2.75, 3.05) is 26.2 Å². The number of hydrogen-bond acceptors (Lipinski definition) is 3. The Balaban J connectivity index is 1.84. The van der Waals surface area contributed by atoms with Crippen molar-refractivity contribution in [1.82, 2.24) is 4.90 Å². The van der Waals surface area contributed by atoms with Crippen LogP contribution in [0, 0.1) is 5.92 Å². The first kappa shape index (κ1) is 15.3. The van der Waals surface area contributed by atoms with Gasteiger partial charge in [-0.1, -0.05) is 25.5 Å². The molecule has 0 spiro atoms. The van der Waals surface area contributed by atoms with Gasteiger partial charge in [-0.05, 0) is 49.9 Å². The van der Waals surface area contributed by atoms with Crippen molar-refractivity contribution in [3.8, 4) is 5.75 Å². The molecule has 0 amide bonds. The average molecular weight is 276 g/mol. The van der Waals surface area contributed by atoms with Gasteiger partial charge in [-0.15, -0.1) is 0 Å². The molecule has 112 valence electrons. The Morgan fingerprint density at radius 3 is 2.70 bits per heavy atom. The van der Waals surface area contributed by atoms with Crippen LogP contribution in [-0.2, 0) is 0 Å². The maximum absolute atomic E-state index is 6.34. The second kappa shape index (κ2) is 7.65. The SMILES string of the molecule is CCCC1CCN(CC(N)c2ccc(OCC)cc2)C1. The Hall–Kier alpha value is -1.06. The largest absolute Gasteiger partial charge is 0.494 e. The minimum absolute atomic E-state index is 0.103. The summed E-state index contributed by atoms with van der Waals surface area (Å²) in [4.78, 5) is 2.52. The van der Waals surface area contributed by atoms with Gasteiger partial charge in [0.1, 0.15) is 5.75 Å². The van der Waals surface area contributed by atoms with Gasteiger partial charge in [0.15, 0.2) is 0 Å². The number of rotatable bonds is 7. The molecule has 1 heterocycles. The molecule has 2 atom stereocenters. The zero-order valence-corrected chi connectivity index (χ0v) is 12.8. The lowest BCUT2D eigenvalue weighted by Crippen LogP contribution is -2.30. The van der Waals surface area contributed by atoms with E-state index in [2.05, 4.69) is 24.0 Å². The molecule has 0 bridgehead atoms. The maximum Gasteiger partial charge on any atom is 0.119 e. The fourth-order valence-corrected chi connectivity index (χ4v) is 3.08. The van der Waals surface area contributed by atoms with Gasteiger partial charge in [0.25, 0.3) is 0 Å². The van der Waals surface area contributed by atoms with Gasteiger partial charge >= 0.3 is 0 Å². The zero-order valence-electron chi connectivity index (χ0n) is 12.8. The Morgan fingerprint density at radius 1 is 1.30 bits per heavy atom. The predicted octanol–water partition coefficient (Wildman–Crippen LogP) is 3.21. The quantitative estimate of drug-likeness (QED) is 0.831. The van der Waals surface area contributed by atoms with Crippen LogP contribution in [0.25, 0.3) is 0 Å². The molecular weight excluding hydrogens is 248 g/mol. The highest BCUT2D eigenvalue weighted by Crippen LogP contribution is 2.23. The van der Waals surface area contributed by atoms with Gasteiger partial charge in [0.05, 0.1) is 6.61 Å². The number of nitrogens with zero attached hydrogens (tertiary/aromatic N) is 1. The monoisotopic (exact) mass is 276 g/mol. The van der Waals surface area contributed by atoms with Crippen LogP contribution in [0.1, 0.15) is 44.7 Å². The van der Waals surface area contributed by atoms with E-state index in [9.17, 15) is 0 Å². The number of ether oxygens (including phenoxy) is 1. The van der Waals surface area contributed by atoms with Crippen LogP contribution >= 0.6 is 0 Å². The summed E-state index contributed by atoms with van der Waals surface area (Å²) < 4.78 is 5.46. The molecule has 0 radical (unpaired) electrons. The lowest BCUT2D eigenvalue weighted by molar-refractivity contribution is 0.300. The molecule has 1 aliphatic heterocycles. The summed E-state index contributed by atoms with van der Waals surface area (Å²) in [6.07, 6.45) is 3.99. The lowest BCUT2D eigenvalue weighted by Gasteiger charge is -2.21. The van der Waals surface area contributed by atoms with Gasteiger partial charge in [-0.25, -0.2) is 0 Å². The van der Waals surface area contributed by atoms with Gasteiger partial charge in [0.2, 0.25) is 0 Å². The molecule has 20 heavy (non-hydrogen) atoms. The van der Waals surface area contributed by atoms with Gasteiger partial charge in [-0.2, -0.15) is 0 Å². The van der Waals surface area contributed by atoms with Crippen molar-refractivity contribution in [3.05, 3.63) is 29.8 Å². The summed E-state index contributed by atoms with van der Waals surface area (Å²) in [5.74, 6) is 1.81. The van der Waals surface area contributed by atoms with Gasteiger partial charge < -0.3 is 15.4 Å².